The van der Waals surface area contributed by atoms with Crippen molar-refractivity contribution < 1.29 is 14.9 Å². The number of ether oxygens (including phenoxy) is 1. The molecule has 0 saturated carbocycles. The molecule has 1 saturated heterocycles. The second-order valence-corrected chi connectivity index (χ2v) is 7.80. The fourth-order valence-corrected chi connectivity index (χ4v) is 4.13. The maximum atomic E-state index is 10.0. The lowest BCUT2D eigenvalue weighted by molar-refractivity contribution is 0.0499. The van der Waals surface area contributed by atoms with E-state index >= 15 is 0 Å². The zero-order chi connectivity index (χ0) is 20.1. The van der Waals surface area contributed by atoms with Gasteiger partial charge in [-0.05, 0) is 54.7 Å². The van der Waals surface area contributed by atoms with Crippen LogP contribution < -0.4 is 4.74 Å². The van der Waals surface area contributed by atoms with Crippen molar-refractivity contribution >= 4 is 0 Å². The lowest BCUT2D eigenvalue weighted by atomic mass is 10.0. The highest BCUT2D eigenvalue weighted by Gasteiger charge is 2.27. The van der Waals surface area contributed by atoms with Crippen molar-refractivity contribution in [3.63, 3.8) is 0 Å². The minimum atomic E-state index is 0.199. The predicted molar refractivity (Wildman–Crippen MR) is 112 cm³/mol. The molecule has 152 valence electrons. The third-order valence-electron chi connectivity index (χ3n) is 5.63. The SMILES string of the molecule is COc1cccc(CN2CCN(Cc3cc(C)c(O)c(C)c3)C[C@H]2CCO)c1. The van der Waals surface area contributed by atoms with Gasteiger partial charge in [0, 0.05) is 45.4 Å². The molecule has 1 heterocycles. The Kier molecular flexibility index (Phi) is 6.94. The van der Waals surface area contributed by atoms with E-state index < -0.39 is 0 Å². The number of aryl methyl sites for hydroxylation is 2. The number of benzene rings is 2. The van der Waals surface area contributed by atoms with Gasteiger partial charge in [0.15, 0.2) is 0 Å². The second kappa shape index (κ2) is 9.41. The monoisotopic (exact) mass is 384 g/mol. The van der Waals surface area contributed by atoms with Gasteiger partial charge in [0.25, 0.3) is 0 Å². The third-order valence-corrected chi connectivity index (χ3v) is 5.63. The van der Waals surface area contributed by atoms with Gasteiger partial charge in [-0.3, -0.25) is 9.80 Å². The van der Waals surface area contributed by atoms with Crippen LogP contribution in [0.4, 0.5) is 0 Å². The molecule has 0 bridgehead atoms. The smallest absolute Gasteiger partial charge is 0.121 e. The summed E-state index contributed by atoms with van der Waals surface area (Å²) in [7, 11) is 1.69. The molecule has 2 N–H and O–H groups in total. The van der Waals surface area contributed by atoms with Gasteiger partial charge in [-0.25, -0.2) is 0 Å². The average molecular weight is 385 g/mol. The molecule has 0 aromatic heterocycles. The summed E-state index contributed by atoms with van der Waals surface area (Å²) in [5.41, 5.74) is 4.33. The van der Waals surface area contributed by atoms with Crippen LogP contribution in [-0.4, -0.2) is 59.4 Å². The Hall–Kier alpha value is -2.08. The molecule has 1 aliphatic heterocycles. The van der Waals surface area contributed by atoms with Crippen molar-refractivity contribution in [2.24, 2.45) is 0 Å². The molecule has 5 heteroatoms. The number of aromatic hydroxyl groups is 1. The number of methoxy groups -OCH3 is 1. The number of hydrogen-bond acceptors (Lipinski definition) is 5. The molecule has 0 radical (unpaired) electrons. The first-order valence-corrected chi connectivity index (χ1v) is 9.99. The lowest BCUT2D eigenvalue weighted by Crippen LogP contribution is -2.52. The fourth-order valence-electron chi connectivity index (χ4n) is 4.13. The highest BCUT2D eigenvalue weighted by molar-refractivity contribution is 5.42. The van der Waals surface area contributed by atoms with E-state index in [2.05, 4.69) is 34.1 Å². The van der Waals surface area contributed by atoms with Crippen molar-refractivity contribution in [2.45, 2.75) is 39.4 Å². The molecule has 0 amide bonds. The standard InChI is InChI=1S/C23H32N2O3/c1-17-11-20(12-18(2)23(17)27)14-24-8-9-25(21(16-24)7-10-26)15-19-5-4-6-22(13-19)28-3/h4-6,11-13,21,26-27H,7-10,14-16H2,1-3H3/t21-/m1/s1. The van der Waals surface area contributed by atoms with Gasteiger partial charge < -0.3 is 14.9 Å². The Morgan fingerprint density at radius 2 is 1.79 bits per heavy atom. The van der Waals surface area contributed by atoms with Crippen molar-refractivity contribution in [1.82, 2.24) is 9.80 Å². The lowest BCUT2D eigenvalue weighted by Gasteiger charge is -2.41. The van der Waals surface area contributed by atoms with Crippen LogP contribution in [-0.2, 0) is 13.1 Å². The van der Waals surface area contributed by atoms with Gasteiger partial charge in [0.2, 0.25) is 0 Å². The topological polar surface area (TPSA) is 56.2 Å². The first-order chi connectivity index (χ1) is 13.5. The van der Waals surface area contributed by atoms with Crippen LogP contribution in [0, 0.1) is 13.8 Å². The Bertz CT molecular complexity index is 770. The van der Waals surface area contributed by atoms with E-state index in [0.717, 1.165) is 56.0 Å². The van der Waals surface area contributed by atoms with Crippen molar-refractivity contribution in [2.75, 3.05) is 33.4 Å². The van der Waals surface area contributed by atoms with Crippen LogP contribution in [0.15, 0.2) is 36.4 Å². The van der Waals surface area contributed by atoms with Crippen molar-refractivity contribution in [3.8, 4) is 11.5 Å². The van der Waals surface area contributed by atoms with Crippen LogP contribution >= 0.6 is 0 Å². The summed E-state index contributed by atoms with van der Waals surface area (Å²) < 4.78 is 5.34. The number of piperazine rings is 1. The number of aliphatic hydroxyl groups is 1. The Morgan fingerprint density at radius 1 is 1.04 bits per heavy atom. The van der Waals surface area contributed by atoms with Crippen LogP contribution in [0.3, 0.4) is 0 Å². The quantitative estimate of drug-likeness (QED) is 0.768. The summed E-state index contributed by atoms with van der Waals surface area (Å²) in [4.78, 5) is 4.92. The number of phenols is 1. The van der Waals surface area contributed by atoms with Gasteiger partial charge in [0.1, 0.15) is 11.5 Å². The van der Waals surface area contributed by atoms with Crippen molar-refractivity contribution in [1.29, 1.82) is 0 Å². The molecule has 1 atom stereocenters. The van der Waals surface area contributed by atoms with Crippen molar-refractivity contribution in [3.05, 3.63) is 58.7 Å². The summed E-state index contributed by atoms with van der Waals surface area (Å²) in [5, 5.41) is 19.6. The van der Waals surface area contributed by atoms with E-state index in [-0.39, 0.29) is 6.61 Å². The number of hydrogen-bond donors (Lipinski definition) is 2. The minimum absolute atomic E-state index is 0.199. The van der Waals surface area contributed by atoms with Gasteiger partial charge >= 0.3 is 0 Å². The number of phenolic OH excluding ortho intramolecular Hbond substituents is 1. The fraction of sp³-hybridized carbons (Fsp3) is 0.478. The highest BCUT2D eigenvalue weighted by atomic mass is 16.5. The third kappa shape index (κ3) is 5.04. The second-order valence-electron chi connectivity index (χ2n) is 7.80. The number of nitrogens with zero attached hydrogens (tertiary/aromatic N) is 2. The largest absolute Gasteiger partial charge is 0.507 e. The molecule has 0 unspecified atom stereocenters. The highest BCUT2D eigenvalue weighted by Crippen LogP contribution is 2.25. The minimum Gasteiger partial charge on any atom is -0.507 e. The summed E-state index contributed by atoms with van der Waals surface area (Å²) in [6.45, 7) is 8.74. The average Bonchev–Trinajstić information content (AvgIpc) is 2.68. The Balaban J connectivity index is 1.66. The van der Waals surface area contributed by atoms with E-state index in [4.69, 9.17) is 4.74 Å². The first-order valence-electron chi connectivity index (χ1n) is 9.99. The molecule has 28 heavy (non-hydrogen) atoms. The molecule has 0 spiro atoms. The van der Waals surface area contributed by atoms with Gasteiger partial charge in [-0.15, -0.1) is 0 Å². The Labute approximate surface area is 168 Å². The molecular weight excluding hydrogens is 352 g/mol. The van der Waals surface area contributed by atoms with Gasteiger partial charge in [-0.1, -0.05) is 24.3 Å². The summed E-state index contributed by atoms with van der Waals surface area (Å²) >= 11 is 0. The predicted octanol–water partition coefficient (Wildman–Crippen LogP) is 3.09. The molecule has 0 aliphatic carbocycles. The summed E-state index contributed by atoms with van der Waals surface area (Å²) in [6, 6.07) is 12.7. The first kappa shape index (κ1) is 20.6. The molecule has 3 rings (SSSR count). The van der Waals surface area contributed by atoms with Crippen LogP contribution in [0.5, 0.6) is 11.5 Å². The van der Waals surface area contributed by atoms with E-state index in [9.17, 15) is 10.2 Å². The maximum absolute atomic E-state index is 10.0. The molecule has 1 fully saturated rings. The van der Waals surface area contributed by atoms with Crippen LogP contribution in [0.25, 0.3) is 0 Å². The zero-order valence-electron chi connectivity index (χ0n) is 17.2. The molecule has 1 aliphatic rings. The molecule has 5 nitrogen and oxygen atoms in total. The van der Waals surface area contributed by atoms with Crippen LogP contribution in [0.1, 0.15) is 28.7 Å². The van der Waals surface area contributed by atoms with Gasteiger partial charge in [0.05, 0.1) is 7.11 Å². The van der Waals surface area contributed by atoms with E-state index in [1.54, 1.807) is 7.11 Å². The summed E-state index contributed by atoms with van der Waals surface area (Å²) in [6.07, 6.45) is 0.772. The normalized spacial score (nSPS) is 18.4. The molecular formula is C23H32N2O3. The molecule has 2 aromatic carbocycles. The van der Waals surface area contributed by atoms with Crippen LogP contribution in [0.2, 0.25) is 0 Å². The number of rotatable bonds is 7. The van der Waals surface area contributed by atoms with E-state index in [1.165, 1.54) is 11.1 Å². The Morgan fingerprint density at radius 3 is 2.46 bits per heavy atom. The van der Waals surface area contributed by atoms with E-state index in [1.807, 2.05) is 26.0 Å². The maximum Gasteiger partial charge on any atom is 0.121 e. The number of aliphatic hydroxyl groups excluding tert-OH is 1. The summed E-state index contributed by atoms with van der Waals surface area (Å²) in [5.74, 6) is 1.28. The molecule has 2 aromatic rings. The van der Waals surface area contributed by atoms with E-state index in [0.29, 0.717) is 11.8 Å². The van der Waals surface area contributed by atoms with Gasteiger partial charge in [-0.2, -0.15) is 0 Å². The zero-order valence-corrected chi connectivity index (χ0v) is 17.2.